The van der Waals surface area contributed by atoms with Gasteiger partial charge in [-0.2, -0.15) is 0 Å². The number of carbonyl (C=O) groups is 1. The highest BCUT2D eigenvalue weighted by atomic mass is 32.2. The van der Waals surface area contributed by atoms with Gasteiger partial charge in [0.25, 0.3) is 0 Å². The van der Waals surface area contributed by atoms with E-state index in [4.69, 9.17) is 4.74 Å². The molecule has 0 bridgehead atoms. The molecule has 1 rings (SSSR count). The van der Waals surface area contributed by atoms with Crippen molar-refractivity contribution in [3.8, 4) is 5.75 Å². The molecule has 17 heavy (non-hydrogen) atoms. The molecular weight excluding hydrogens is 244 g/mol. The number of hydrogen-bond acceptors (Lipinski definition) is 5. The van der Waals surface area contributed by atoms with Crippen LogP contribution in [0.5, 0.6) is 5.75 Å². The van der Waals surface area contributed by atoms with Crippen molar-refractivity contribution in [2.75, 3.05) is 13.4 Å². The number of carbonyl (C=O) groups excluding carboxylic acids is 1. The Morgan fingerprint density at radius 1 is 1.24 bits per heavy atom. The maximum absolute atomic E-state index is 11.2. The minimum absolute atomic E-state index is 0.204. The predicted molar refractivity (Wildman–Crippen MR) is 61.7 cm³/mol. The van der Waals surface area contributed by atoms with Crippen LogP contribution in [0.3, 0.4) is 0 Å². The van der Waals surface area contributed by atoms with Crippen LogP contribution in [0.2, 0.25) is 0 Å². The molecule has 0 heterocycles. The highest BCUT2D eigenvalue weighted by Crippen LogP contribution is 2.17. The molecule has 1 unspecified atom stereocenters. The number of methoxy groups -OCH3 is 1. The van der Waals surface area contributed by atoms with Crippen molar-refractivity contribution in [1.29, 1.82) is 0 Å². The Morgan fingerprint density at radius 3 is 2.18 bits per heavy atom. The molecule has 5 nitrogen and oxygen atoms in total. The largest absolute Gasteiger partial charge is 0.479 e. The standard InChI is InChI=1S/C11H14O5S/c1-8(11(12)15-2)16-9-4-6-10(7-5-9)17(3,13)14/h4-8H,1-3H3. The molecule has 1 atom stereocenters. The Labute approximate surface area is 100 Å². The third kappa shape index (κ3) is 3.74. The van der Waals surface area contributed by atoms with Gasteiger partial charge in [-0.3, -0.25) is 0 Å². The van der Waals surface area contributed by atoms with E-state index in [9.17, 15) is 13.2 Å². The van der Waals surface area contributed by atoms with E-state index in [1.54, 1.807) is 6.92 Å². The summed E-state index contributed by atoms with van der Waals surface area (Å²) < 4.78 is 32.2. The van der Waals surface area contributed by atoms with Gasteiger partial charge in [0.1, 0.15) is 5.75 Å². The summed E-state index contributed by atoms with van der Waals surface area (Å²) in [7, 11) is -1.94. The fraction of sp³-hybridized carbons (Fsp3) is 0.364. The first-order valence-electron chi connectivity index (χ1n) is 4.89. The number of hydrogen-bond donors (Lipinski definition) is 0. The lowest BCUT2D eigenvalue weighted by molar-refractivity contribution is -0.147. The average Bonchev–Trinajstić information content (AvgIpc) is 2.27. The van der Waals surface area contributed by atoms with Crippen LogP contribution in [0.15, 0.2) is 29.2 Å². The molecular formula is C11H14O5S. The highest BCUT2D eigenvalue weighted by Gasteiger charge is 2.15. The molecule has 0 aromatic heterocycles. The lowest BCUT2D eigenvalue weighted by atomic mass is 10.3. The normalized spacial score (nSPS) is 12.9. The summed E-state index contributed by atoms with van der Waals surface area (Å²) in [6.45, 7) is 1.55. The van der Waals surface area contributed by atoms with Gasteiger partial charge in [-0.15, -0.1) is 0 Å². The predicted octanol–water partition coefficient (Wildman–Crippen LogP) is 1.03. The van der Waals surface area contributed by atoms with Crippen LogP contribution in [0.25, 0.3) is 0 Å². The van der Waals surface area contributed by atoms with Crippen molar-refractivity contribution >= 4 is 15.8 Å². The van der Waals surface area contributed by atoms with Crippen LogP contribution in [-0.2, 0) is 19.4 Å². The molecule has 0 aliphatic heterocycles. The van der Waals surface area contributed by atoms with Gasteiger partial charge in [-0.25, -0.2) is 13.2 Å². The zero-order valence-corrected chi connectivity index (χ0v) is 10.7. The van der Waals surface area contributed by atoms with Crippen LogP contribution in [0.1, 0.15) is 6.92 Å². The van der Waals surface area contributed by atoms with Crippen LogP contribution < -0.4 is 4.74 Å². The van der Waals surface area contributed by atoms with Gasteiger partial charge in [-0.1, -0.05) is 0 Å². The third-order valence-corrected chi connectivity index (χ3v) is 3.23. The summed E-state index contributed by atoms with van der Waals surface area (Å²) in [5.74, 6) is -0.0764. The van der Waals surface area contributed by atoms with Gasteiger partial charge in [0.05, 0.1) is 12.0 Å². The SMILES string of the molecule is COC(=O)C(C)Oc1ccc(S(C)(=O)=O)cc1. The van der Waals surface area contributed by atoms with Gasteiger partial charge in [0.2, 0.25) is 0 Å². The number of esters is 1. The van der Waals surface area contributed by atoms with E-state index < -0.39 is 21.9 Å². The molecule has 0 aliphatic rings. The van der Waals surface area contributed by atoms with E-state index in [2.05, 4.69) is 4.74 Å². The van der Waals surface area contributed by atoms with Gasteiger partial charge in [-0.05, 0) is 31.2 Å². The Balaban J connectivity index is 2.79. The van der Waals surface area contributed by atoms with E-state index in [0.29, 0.717) is 5.75 Å². The van der Waals surface area contributed by atoms with E-state index in [0.717, 1.165) is 6.26 Å². The first-order valence-corrected chi connectivity index (χ1v) is 6.78. The molecule has 0 aliphatic carbocycles. The van der Waals surface area contributed by atoms with Crippen molar-refractivity contribution in [1.82, 2.24) is 0 Å². The van der Waals surface area contributed by atoms with Crippen molar-refractivity contribution in [3.63, 3.8) is 0 Å². The number of benzene rings is 1. The average molecular weight is 258 g/mol. The zero-order chi connectivity index (χ0) is 13.1. The monoisotopic (exact) mass is 258 g/mol. The van der Waals surface area contributed by atoms with Crippen LogP contribution in [0.4, 0.5) is 0 Å². The van der Waals surface area contributed by atoms with Crippen LogP contribution in [-0.4, -0.2) is 33.9 Å². The Bertz CT molecular complexity index is 489. The van der Waals surface area contributed by atoms with Gasteiger partial charge >= 0.3 is 5.97 Å². The summed E-state index contributed by atoms with van der Waals surface area (Å²) in [5.41, 5.74) is 0. The Hall–Kier alpha value is -1.56. The van der Waals surface area contributed by atoms with Gasteiger partial charge in [0, 0.05) is 6.26 Å². The fourth-order valence-electron chi connectivity index (χ4n) is 1.18. The van der Waals surface area contributed by atoms with Crippen LogP contribution >= 0.6 is 0 Å². The topological polar surface area (TPSA) is 69.7 Å². The maximum Gasteiger partial charge on any atom is 0.346 e. The molecule has 1 aromatic rings. The minimum Gasteiger partial charge on any atom is -0.479 e. The van der Waals surface area contributed by atoms with Crippen molar-refractivity contribution < 1.29 is 22.7 Å². The zero-order valence-electron chi connectivity index (χ0n) is 9.84. The second kappa shape index (κ2) is 5.18. The smallest absolute Gasteiger partial charge is 0.346 e. The highest BCUT2D eigenvalue weighted by molar-refractivity contribution is 7.90. The quantitative estimate of drug-likeness (QED) is 0.754. The molecule has 0 saturated carbocycles. The van der Waals surface area contributed by atoms with E-state index in [1.165, 1.54) is 31.4 Å². The minimum atomic E-state index is -3.22. The van der Waals surface area contributed by atoms with Gasteiger partial charge < -0.3 is 9.47 Å². The number of ether oxygens (including phenoxy) is 2. The maximum atomic E-state index is 11.2. The van der Waals surface area contributed by atoms with E-state index in [-0.39, 0.29) is 4.90 Å². The van der Waals surface area contributed by atoms with Crippen molar-refractivity contribution in [2.24, 2.45) is 0 Å². The Kier molecular flexibility index (Phi) is 4.11. The summed E-state index contributed by atoms with van der Waals surface area (Å²) in [6.07, 6.45) is 0.393. The van der Waals surface area contributed by atoms with Crippen LogP contribution in [0, 0.1) is 0 Å². The number of sulfone groups is 1. The third-order valence-electron chi connectivity index (χ3n) is 2.10. The fourth-order valence-corrected chi connectivity index (χ4v) is 1.81. The second-order valence-corrected chi connectivity index (χ2v) is 5.54. The Morgan fingerprint density at radius 2 is 1.76 bits per heavy atom. The molecule has 6 heteroatoms. The molecule has 0 N–H and O–H groups in total. The van der Waals surface area contributed by atoms with E-state index in [1.807, 2.05) is 0 Å². The molecule has 0 fully saturated rings. The van der Waals surface area contributed by atoms with Crippen molar-refractivity contribution in [2.45, 2.75) is 17.9 Å². The molecule has 0 radical (unpaired) electrons. The lowest BCUT2D eigenvalue weighted by Gasteiger charge is -2.12. The summed E-state index contributed by atoms with van der Waals surface area (Å²) in [5, 5.41) is 0. The summed E-state index contributed by atoms with van der Waals surface area (Å²) in [6, 6.07) is 5.84. The lowest BCUT2D eigenvalue weighted by Crippen LogP contribution is -2.24. The first-order chi connectivity index (χ1) is 7.84. The summed E-state index contributed by atoms with van der Waals surface area (Å²) in [4.78, 5) is 11.3. The molecule has 94 valence electrons. The second-order valence-electron chi connectivity index (χ2n) is 3.53. The van der Waals surface area contributed by atoms with E-state index >= 15 is 0 Å². The molecule has 0 amide bonds. The molecule has 1 aromatic carbocycles. The van der Waals surface area contributed by atoms with Crippen molar-refractivity contribution in [3.05, 3.63) is 24.3 Å². The molecule has 0 saturated heterocycles. The first kappa shape index (κ1) is 13.5. The summed E-state index contributed by atoms with van der Waals surface area (Å²) >= 11 is 0. The van der Waals surface area contributed by atoms with Gasteiger partial charge in [0.15, 0.2) is 15.9 Å². The molecule has 0 spiro atoms. The number of rotatable bonds is 4.